The second-order valence-corrected chi connectivity index (χ2v) is 4.59. The van der Waals surface area contributed by atoms with E-state index in [2.05, 4.69) is 17.2 Å². The van der Waals surface area contributed by atoms with E-state index in [1.807, 2.05) is 26.0 Å². The Morgan fingerprint density at radius 1 is 1.40 bits per heavy atom. The lowest BCUT2D eigenvalue weighted by Gasteiger charge is -2.14. The van der Waals surface area contributed by atoms with Crippen LogP contribution in [0.5, 0.6) is 0 Å². The van der Waals surface area contributed by atoms with Crippen molar-refractivity contribution in [2.75, 3.05) is 11.9 Å². The van der Waals surface area contributed by atoms with Crippen LogP contribution < -0.4 is 10.6 Å². The number of hydrogen-bond acceptors (Lipinski definition) is 3. The molecule has 1 unspecified atom stereocenters. The molecule has 0 bridgehead atoms. The first-order valence-electron chi connectivity index (χ1n) is 6.39. The number of aryl methyl sites for hydroxylation is 1. The van der Waals surface area contributed by atoms with E-state index in [1.165, 1.54) is 0 Å². The minimum Gasteiger partial charge on any atom is -0.480 e. The summed E-state index contributed by atoms with van der Waals surface area (Å²) in [5.41, 5.74) is 2.76. The molecule has 5 nitrogen and oxygen atoms in total. The van der Waals surface area contributed by atoms with Crippen LogP contribution in [0.1, 0.15) is 17.5 Å². The quantitative estimate of drug-likeness (QED) is 0.664. The number of hydrogen-bond donors (Lipinski definition) is 3. The Kier molecular flexibility index (Phi) is 5.93. The van der Waals surface area contributed by atoms with Crippen LogP contribution in [0.4, 0.5) is 5.69 Å². The third-order valence-electron chi connectivity index (χ3n) is 3.07. The van der Waals surface area contributed by atoms with Crippen LogP contribution in [0.15, 0.2) is 30.9 Å². The lowest BCUT2D eigenvalue weighted by molar-refractivity contribution is -0.140. The van der Waals surface area contributed by atoms with Gasteiger partial charge in [-0.1, -0.05) is 18.2 Å². The molecule has 5 heteroatoms. The number of anilines is 1. The molecule has 108 valence electrons. The van der Waals surface area contributed by atoms with Crippen LogP contribution in [0.25, 0.3) is 0 Å². The van der Waals surface area contributed by atoms with E-state index in [9.17, 15) is 9.59 Å². The van der Waals surface area contributed by atoms with Gasteiger partial charge in [0.25, 0.3) is 0 Å². The fourth-order valence-electron chi connectivity index (χ4n) is 1.75. The molecule has 0 heterocycles. The summed E-state index contributed by atoms with van der Waals surface area (Å²) < 4.78 is 0. The molecule has 0 aliphatic carbocycles. The summed E-state index contributed by atoms with van der Waals surface area (Å²) in [6, 6.07) is 4.69. The number of benzene rings is 1. The number of carbonyl (C=O) groups is 2. The highest BCUT2D eigenvalue weighted by atomic mass is 16.4. The first-order valence-corrected chi connectivity index (χ1v) is 6.39. The normalized spacial score (nSPS) is 11.7. The van der Waals surface area contributed by atoms with Crippen molar-refractivity contribution in [3.8, 4) is 0 Å². The first-order chi connectivity index (χ1) is 9.45. The second kappa shape index (κ2) is 7.45. The number of nitrogens with one attached hydrogen (secondary N) is 2. The van der Waals surface area contributed by atoms with Gasteiger partial charge in [0.2, 0.25) is 5.91 Å². The molecule has 0 spiro atoms. The van der Waals surface area contributed by atoms with E-state index in [1.54, 1.807) is 12.1 Å². The summed E-state index contributed by atoms with van der Waals surface area (Å²) in [7, 11) is 0. The van der Waals surface area contributed by atoms with Gasteiger partial charge in [-0.3, -0.25) is 9.59 Å². The Balaban J connectivity index is 2.68. The van der Waals surface area contributed by atoms with Gasteiger partial charge in [-0.25, -0.2) is 0 Å². The van der Waals surface area contributed by atoms with Gasteiger partial charge in [0.05, 0.1) is 6.42 Å². The maximum atomic E-state index is 11.9. The van der Waals surface area contributed by atoms with Crippen molar-refractivity contribution in [3.05, 3.63) is 42.0 Å². The van der Waals surface area contributed by atoms with Gasteiger partial charge >= 0.3 is 5.97 Å². The minimum atomic E-state index is -1.05. The number of carboxylic acid groups (broad SMARTS) is 1. The second-order valence-electron chi connectivity index (χ2n) is 4.59. The lowest BCUT2D eigenvalue weighted by Crippen LogP contribution is -2.39. The zero-order chi connectivity index (χ0) is 15.1. The van der Waals surface area contributed by atoms with Gasteiger partial charge in [0.15, 0.2) is 0 Å². The van der Waals surface area contributed by atoms with E-state index < -0.39 is 12.0 Å². The monoisotopic (exact) mass is 276 g/mol. The smallest absolute Gasteiger partial charge is 0.321 e. The molecule has 1 aromatic carbocycles. The Morgan fingerprint density at radius 3 is 2.70 bits per heavy atom. The fraction of sp³-hybridized carbons (Fsp3) is 0.333. The first kappa shape index (κ1) is 15.9. The largest absolute Gasteiger partial charge is 0.480 e. The average molecular weight is 276 g/mol. The van der Waals surface area contributed by atoms with Gasteiger partial charge in [-0.15, -0.1) is 6.58 Å². The van der Waals surface area contributed by atoms with Crippen LogP contribution in [-0.4, -0.2) is 29.6 Å². The van der Waals surface area contributed by atoms with Crippen LogP contribution >= 0.6 is 0 Å². The predicted molar refractivity (Wildman–Crippen MR) is 78.8 cm³/mol. The molecular weight excluding hydrogens is 256 g/mol. The lowest BCUT2D eigenvalue weighted by atomic mass is 10.1. The standard InChI is InChI=1S/C15H20N2O3/c1-4-8-16-13(15(19)20)9-14(18)17-12-7-5-6-10(2)11(12)3/h4-7,13,16H,1,8-9H2,2-3H3,(H,17,18)(H,19,20). The zero-order valence-corrected chi connectivity index (χ0v) is 11.8. The Bertz CT molecular complexity index is 512. The third kappa shape index (κ3) is 4.51. The molecular formula is C15H20N2O3. The van der Waals surface area contributed by atoms with Gasteiger partial charge in [0, 0.05) is 12.2 Å². The number of aliphatic carboxylic acids is 1. The Hall–Kier alpha value is -2.14. The maximum Gasteiger partial charge on any atom is 0.321 e. The summed E-state index contributed by atoms with van der Waals surface area (Å²) in [6.07, 6.45) is 1.43. The molecule has 1 rings (SSSR count). The van der Waals surface area contributed by atoms with Crippen molar-refractivity contribution < 1.29 is 14.7 Å². The highest BCUT2D eigenvalue weighted by molar-refractivity contribution is 5.94. The number of rotatable bonds is 7. The van der Waals surface area contributed by atoms with Gasteiger partial charge in [-0.2, -0.15) is 0 Å². The third-order valence-corrected chi connectivity index (χ3v) is 3.07. The molecule has 0 aliphatic heterocycles. The number of carboxylic acids is 1. The van der Waals surface area contributed by atoms with Crippen molar-refractivity contribution in [1.82, 2.24) is 5.32 Å². The van der Waals surface area contributed by atoms with Gasteiger partial charge in [0.1, 0.15) is 6.04 Å². The Labute approximate surface area is 118 Å². The number of carbonyl (C=O) groups excluding carboxylic acids is 1. The SMILES string of the molecule is C=CCNC(CC(=O)Nc1cccc(C)c1C)C(=O)O. The van der Waals surface area contributed by atoms with Crippen LogP contribution in [0.2, 0.25) is 0 Å². The summed E-state index contributed by atoms with van der Waals surface area (Å²) in [5, 5.41) is 14.5. The molecule has 20 heavy (non-hydrogen) atoms. The zero-order valence-electron chi connectivity index (χ0n) is 11.8. The van der Waals surface area contributed by atoms with Crippen molar-refractivity contribution in [3.63, 3.8) is 0 Å². The molecule has 0 aliphatic rings. The fourth-order valence-corrected chi connectivity index (χ4v) is 1.75. The summed E-state index contributed by atoms with van der Waals surface area (Å²) >= 11 is 0. The molecule has 0 saturated carbocycles. The van der Waals surface area contributed by atoms with Crippen LogP contribution in [0, 0.1) is 13.8 Å². The molecule has 3 N–H and O–H groups in total. The number of amides is 1. The van der Waals surface area contributed by atoms with Crippen LogP contribution in [-0.2, 0) is 9.59 Å². The maximum absolute atomic E-state index is 11.9. The van der Waals surface area contributed by atoms with E-state index in [0.29, 0.717) is 12.2 Å². The minimum absolute atomic E-state index is 0.128. The topological polar surface area (TPSA) is 78.4 Å². The van der Waals surface area contributed by atoms with E-state index in [4.69, 9.17) is 5.11 Å². The summed E-state index contributed by atoms with van der Waals surface area (Å²) in [5.74, 6) is -1.38. The van der Waals surface area contributed by atoms with Crippen molar-refractivity contribution in [2.24, 2.45) is 0 Å². The van der Waals surface area contributed by atoms with E-state index in [-0.39, 0.29) is 12.3 Å². The van der Waals surface area contributed by atoms with E-state index in [0.717, 1.165) is 11.1 Å². The molecule has 1 atom stereocenters. The molecule has 0 fully saturated rings. The predicted octanol–water partition coefficient (Wildman–Crippen LogP) is 1.86. The van der Waals surface area contributed by atoms with Gasteiger partial charge < -0.3 is 15.7 Å². The van der Waals surface area contributed by atoms with Crippen LogP contribution in [0.3, 0.4) is 0 Å². The molecule has 0 radical (unpaired) electrons. The summed E-state index contributed by atoms with van der Waals surface area (Å²) in [6.45, 7) is 7.71. The van der Waals surface area contributed by atoms with Crippen molar-refractivity contribution in [1.29, 1.82) is 0 Å². The van der Waals surface area contributed by atoms with E-state index >= 15 is 0 Å². The molecule has 1 aromatic rings. The Morgan fingerprint density at radius 2 is 2.10 bits per heavy atom. The van der Waals surface area contributed by atoms with Crippen molar-refractivity contribution >= 4 is 17.6 Å². The summed E-state index contributed by atoms with van der Waals surface area (Å²) in [4.78, 5) is 23.0. The highest BCUT2D eigenvalue weighted by Crippen LogP contribution is 2.18. The molecule has 1 amide bonds. The average Bonchev–Trinajstić information content (AvgIpc) is 2.39. The van der Waals surface area contributed by atoms with Gasteiger partial charge in [-0.05, 0) is 31.0 Å². The van der Waals surface area contributed by atoms with Crippen molar-refractivity contribution in [2.45, 2.75) is 26.3 Å². The molecule has 0 saturated heterocycles. The molecule has 0 aromatic heterocycles. The highest BCUT2D eigenvalue weighted by Gasteiger charge is 2.20.